The van der Waals surface area contributed by atoms with Crippen molar-refractivity contribution in [1.82, 2.24) is 0 Å². The lowest BCUT2D eigenvalue weighted by atomic mass is 9.82. The van der Waals surface area contributed by atoms with Gasteiger partial charge in [0.2, 0.25) is 0 Å². The van der Waals surface area contributed by atoms with Crippen LogP contribution in [-0.2, 0) is 21.4 Å². The highest BCUT2D eigenvalue weighted by atomic mass is 32.2. The molecule has 0 spiro atoms. The number of benzene rings is 1. The molecule has 0 aliphatic heterocycles. The Hall–Kier alpha value is -1.16. The highest BCUT2D eigenvalue weighted by Gasteiger charge is 2.23. The second-order valence-corrected chi connectivity index (χ2v) is 9.95. The molecule has 0 saturated carbocycles. The van der Waals surface area contributed by atoms with Crippen LogP contribution in [0.1, 0.15) is 88.5 Å². The summed E-state index contributed by atoms with van der Waals surface area (Å²) in [6.45, 7) is 12.8. The Kier molecular flexibility index (Phi) is 11.0. The largest absolute Gasteiger partial charge is 0.507 e. The Balaban J connectivity index is 2.37. The molecule has 0 bridgehead atoms. The summed E-state index contributed by atoms with van der Waals surface area (Å²) in [5.74, 6) is 2.08. The molecule has 0 radical (unpaired) electrons. The van der Waals surface area contributed by atoms with E-state index in [1.54, 1.807) is 0 Å². The average Bonchev–Trinajstić information content (AvgIpc) is 2.62. The third-order valence-electron chi connectivity index (χ3n) is 5.16. The molecule has 28 heavy (non-hydrogen) atoms. The number of thioether (sulfide) groups is 1. The van der Waals surface area contributed by atoms with Crippen LogP contribution in [0.25, 0.3) is 0 Å². The van der Waals surface area contributed by atoms with Crippen LogP contribution in [-0.4, -0.2) is 29.2 Å². The number of phenolic OH excluding ortho intramolecular Hbond substituents is 1. The maximum absolute atomic E-state index is 12.2. The van der Waals surface area contributed by atoms with Crippen molar-refractivity contribution >= 4 is 17.7 Å². The molecule has 1 aromatic carbocycles. The first-order chi connectivity index (χ1) is 13.2. The van der Waals surface area contributed by atoms with Gasteiger partial charge in [0.05, 0.1) is 6.42 Å². The minimum Gasteiger partial charge on any atom is -0.507 e. The molecule has 0 saturated heterocycles. The monoisotopic (exact) mass is 408 g/mol. The van der Waals surface area contributed by atoms with Crippen molar-refractivity contribution < 1.29 is 14.6 Å². The summed E-state index contributed by atoms with van der Waals surface area (Å²) < 4.78 is 5.41. The summed E-state index contributed by atoms with van der Waals surface area (Å²) in [6.07, 6.45) is 8.10. The molecule has 0 atom stereocenters. The number of rotatable bonds is 12. The molecule has 160 valence electrons. The highest BCUT2D eigenvalue weighted by molar-refractivity contribution is 7.99. The number of ether oxygens (including phenoxy) is 1. The Labute approximate surface area is 176 Å². The van der Waals surface area contributed by atoms with Gasteiger partial charge >= 0.3 is 5.97 Å². The van der Waals surface area contributed by atoms with Crippen LogP contribution >= 0.6 is 11.8 Å². The zero-order valence-corrected chi connectivity index (χ0v) is 19.6. The SMILES string of the molecule is CCCCCCCCSCCOC(=O)Cc1c(C)cc(C(C)(C)C)c(O)c1C. The molecular formula is C24H40O3S. The summed E-state index contributed by atoms with van der Waals surface area (Å²) in [5.41, 5.74) is 3.50. The molecule has 1 aromatic rings. The maximum Gasteiger partial charge on any atom is 0.310 e. The smallest absolute Gasteiger partial charge is 0.310 e. The van der Waals surface area contributed by atoms with Gasteiger partial charge in [-0.3, -0.25) is 4.79 Å². The van der Waals surface area contributed by atoms with E-state index < -0.39 is 0 Å². The van der Waals surface area contributed by atoms with Gasteiger partial charge in [0, 0.05) is 5.75 Å². The van der Waals surface area contributed by atoms with Crippen molar-refractivity contribution in [1.29, 1.82) is 0 Å². The van der Waals surface area contributed by atoms with Gasteiger partial charge in [-0.05, 0) is 53.7 Å². The Morgan fingerprint density at radius 2 is 1.71 bits per heavy atom. The number of unbranched alkanes of at least 4 members (excludes halogenated alkanes) is 5. The second kappa shape index (κ2) is 12.4. The van der Waals surface area contributed by atoms with Gasteiger partial charge in [0.1, 0.15) is 12.4 Å². The fourth-order valence-corrected chi connectivity index (χ4v) is 4.17. The Morgan fingerprint density at radius 3 is 2.36 bits per heavy atom. The molecule has 0 fully saturated rings. The van der Waals surface area contributed by atoms with Crippen LogP contribution in [0.5, 0.6) is 5.75 Å². The van der Waals surface area contributed by atoms with E-state index in [-0.39, 0.29) is 17.8 Å². The molecule has 1 rings (SSSR count). The van der Waals surface area contributed by atoms with E-state index in [1.165, 1.54) is 38.5 Å². The molecule has 0 heterocycles. The van der Waals surface area contributed by atoms with Crippen molar-refractivity contribution in [2.75, 3.05) is 18.1 Å². The summed E-state index contributed by atoms with van der Waals surface area (Å²) in [4.78, 5) is 12.2. The number of esters is 1. The van der Waals surface area contributed by atoms with Crippen molar-refractivity contribution in [3.8, 4) is 5.75 Å². The van der Waals surface area contributed by atoms with Crippen LogP contribution in [0.15, 0.2) is 6.07 Å². The van der Waals surface area contributed by atoms with Gasteiger partial charge in [-0.2, -0.15) is 11.8 Å². The number of aryl methyl sites for hydroxylation is 1. The standard InChI is InChI=1S/C24H40O3S/c1-7-8-9-10-11-12-14-28-15-13-27-22(25)17-20-18(2)16-21(24(4,5)6)23(26)19(20)3/h16,26H,7-15,17H2,1-6H3. The summed E-state index contributed by atoms with van der Waals surface area (Å²) in [6, 6.07) is 2.00. The van der Waals surface area contributed by atoms with E-state index in [0.29, 0.717) is 12.4 Å². The minimum absolute atomic E-state index is 0.133. The first-order valence-electron chi connectivity index (χ1n) is 10.7. The molecule has 0 aliphatic rings. The summed E-state index contributed by atoms with van der Waals surface area (Å²) >= 11 is 1.86. The zero-order valence-electron chi connectivity index (χ0n) is 18.8. The highest BCUT2D eigenvalue weighted by Crippen LogP contribution is 2.36. The van der Waals surface area contributed by atoms with Crippen LogP contribution < -0.4 is 0 Å². The second-order valence-electron chi connectivity index (χ2n) is 8.72. The molecular weight excluding hydrogens is 368 g/mol. The van der Waals surface area contributed by atoms with Gasteiger partial charge in [-0.1, -0.05) is 65.9 Å². The number of carbonyl (C=O) groups excluding carboxylic acids is 1. The lowest BCUT2D eigenvalue weighted by Crippen LogP contribution is -2.16. The van der Waals surface area contributed by atoms with E-state index >= 15 is 0 Å². The number of hydrogen-bond donors (Lipinski definition) is 1. The molecule has 1 N–H and O–H groups in total. The maximum atomic E-state index is 12.2. The quantitative estimate of drug-likeness (QED) is 0.317. The van der Waals surface area contributed by atoms with Gasteiger partial charge < -0.3 is 9.84 Å². The van der Waals surface area contributed by atoms with E-state index in [2.05, 4.69) is 27.7 Å². The van der Waals surface area contributed by atoms with Crippen molar-refractivity contribution in [3.05, 3.63) is 28.3 Å². The third kappa shape index (κ3) is 8.46. The van der Waals surface area contributed by atoms with Crippen LogP contribution in [0.2, 0.25) is 0 Å². The van der Waals surface area contributed by atoms with Crippen molar-refractivity contribution in [2.24, 2.45) is 0 Å². The topological polar surface area (TPSA) is 46.5 Å². The number of phenols is 1. The number of hydrogen-bond acceptors (Lipinski definition) is 4. The molecule has 0 aliphatic carbocycles. The van der Waals surface area contributed by atoms with E-state index in [1.807, 2.05) is 31.7 Å². The van der Waals surface area contributed by atoms with Gasteiger partial charge in [0.25, 0.3) is 0 Å². The molecule has 3 nitrogen and oxygen atoms in total. The van der Waals surface area contributed by atoms with Crippen LogP contribution in [0.4, 0.5) is 0 Å². The van der Waals surface area contributed by atoms with E-state index in [9.17, 15) is 9.90 Å². The van der Waals surface area contributed by atoms with Gasteiger partial charge in [-0.25, -0.2) is 0 Å². The van der Waals surface area contributed by atoms with Crippen LogP contribution in [0, 0.1) is 13.8 Å². The predicted octanol–water partition coefficient (Wildman–Crippen LogP) is 6.49. The fourth-order valence-electron chi connectivity index (χ4n) is 3.35. The molecule has 0 aromatic heterocycles. The first kappa shape index (κ1) is 24.9. The van der Waals surface area contributed by atoms with E-state index in [4.69, 9.17) is 4.74 Å². The molecule has 0 unspecified atom stereocenters. The molecule has 0 amide bonds. The third-order valence-corrected chi connectivity index (χ3v) is 6.19. The Bertz CT molecular complexity index is 617. The van der Waals surface area contributed by atoms with Gasteiger partial charge in [0.15, 0.2) is 0 Å². The average molecular weight is 409 g/mol. The first-order valence-corrected chi connectivity index (χ1v) is 11.9. The fraction of sp³-hybridized carbons (Fsp3) is 0.708. The number of carbonyl (C=O) groups is 1. The summed E-state index contributed by atoms with van der Waals surface area (Å²) in [5, 5.41) is 10.6. The lowest BCUT2D eigenvalue weighted by Gasteiger charge is -2.24. The lowest BCUT2D eigenvalue weighted by molar-refractivity contribution is -0.142. The minimum atomic E-state index is -0.214. The zero-order chi connectivity index (χ0) is 21.2. The normalized spacial score (nSPS) is 11.6. The van der Waals surface area contributed by atoms with Crippen molar-refractivity contribution in [2.45, 2.75) is 91.9 Å². The number of aromatic hydroxyl groups is 1. The van der Waals surface area contributed by atoms with Gasteiger partial charge in [-0.15, -0.1) is 0 Å². The predicted molar refractivity (Wildman–Crippen MR) is 122 cm³/mol. The summed E-state index contributed by atoms with van der Waals surface area (Å²) in [7, 11) is 0. The van der Waals surface area contributed by atoms with Crippen molar-refractivity contribution in [3.63, 3.8) is 0 Å². The molecule has 4 heteroatoms. The van der Waals surface area contributed by atoms with Crippen LogP contribution in [0.3, 0.4) is 0 Å². The Morgan fingerprint density at radius 1 is 1.07 bits per heavy atom. The van der Waals surface area contributed by atoms with E-state index in [0.717, 1.165) is 33.8 Å².